The van der Waals surface area contributed by atoms with Crippen molar-refractivity contribution < 1.29 is 23.8 Å². The smallest absolute Gasteiger partial charge is 0.339 e. The van der Waals surface area contributed by atoms with Gasteiger partial charge in [-0.25, -0.2) is 4.79 Å². The Kier molecular flexibility index (Phi) is 5.98. The van der Waals surface area contributed by atoms with Crippen LogP contribution in [0.15, 0.2) is 28.7 Å². The van der Waals surface area contributed by atoms with Crippen molar-refractivity contribution in [2.24, 2.45) is 0 Å². The summed E-state index contributed by atoms with van der Waals surface area (Å²) in [4.78, 5) is 24.9. The number of aromatic carboxylic acids is 1. The predicted octanol–water partition coefficient (Wildman–Crippen LogP) is 4.02. The van der Waals surface area contributed by atoms with Gasteiger partial charge >= 0.3 is 5.97 Å². The van der Waals surface area contributed by atoms with E-state index in [1.165, 1.54) is 11.0 Å². The first-order valence-corrected chi connectivity index (χ1v) is 8.13. The van der Waals surface area contributed by atoms with Crippen molar-refractivity contribution in [3.05, 3.63) is 51.4 Å². The maximum Gasteiger partial charge on any atom is 0.339 e. The largest absolute Gasteiger partial charge is 0.481 e. The van der Waals surface area contributed by atoms with Gasteiger partial charge in [0.2, 0.25) is 0 Å². The Morgan fingerprint density at radius 2 is 1.84 bits per heavy atom. The van der Waals surface area contributed by atoms with Crippen LogP contribution in [-0.4, -0.2) is 35.0 Å². The van der Waals surface area contributed by atoms with E-state index in [1.807, 2.05) is 0 Å². The number of carbonyl (C=O) groups excluding carboxylic acids is 1. The van der Waals surface area contributed by atoms with Crippen LogP contribution in [-0.2, 0) is 11.3 Å². The number of furan rings is 1. The number of carboxylic acids is 1. The minimum atomic E-state index is -1.07. The molecule has 134 valence electrons. The number of amides is 1. The number of carboxylic acid groups (broad SMARTS) is 1. The van der Waals surface area contributed by atoms with E-state index in [1.54, 1.807) is 39.1 Å². The number of rotatable bonds is 6. The van der Waals surface area contributed by atoms with Crippen molar-refractivity contribution in [3.8, 4) is 5.75 Å². The van der Waals surface area contributed by atoms with Gasteiger partial charge in [-0.05, 0) is 38.1 Å². The molecular weight excluding hydrogens is 369 g/mol. The van der Waals surface area contributed by atoms with Crippen molar-refractivity contribution in [2.45, 2.75) is 26.5 Å². The number of hydrogen-bond acceptors (Lipinski definition) is 4. The number of ether oxygens (including phenoxy) is 1. The van der Waals surface area contributed by atoms with Crippen LogP contribution in [0.5, 0.6) is 5.75 Å². The maximum atomic E-state index is 12.4. The number of benzene rings is 1. The third-order valence-electron chi connectivity index (χ3n) is 3.47. The fourth-order valence-electron chi connectivity index (χ4n) is 2.31. The summed E-state index contributed by atoms with van der Waals surface area (Å²) in [5.74, 6) is -0.322. The highest BCUT2D eigenvalue weighted by Gasteiger charge is 2.22. The summed E-state index contributed by atoms with van der Waals surface area (Å²) in [6, 6.07) is 6.09. The van der Waals surface area contributed by atoms with E-state index in [0.29, 0.717) is 27.3 Å². The molecule has 1 unspecified atom stereocenters. The Morgan fingerprint density at radius 1 is 1.24 bits per heavy atom. The molecule has 1 heterocycles. The highest BCUT2D eigenvalue weighted by atomic mass is 35.5. The molecule has 1 aromatic carbocycles. The number of hydrogen-bond donors (Lipinski definition) is 1. The van der Waals surface area contributed by atoms with E-state index in [2.05, 4.69) is 0 Å². The molecule has 0 aliphatic rings. The van der Waals surface area contributed by atoms with Crippen LogP contribution in [0.4, 0.5) is 0 Å². The standard InChI is InChI=1S/C17H17Cl2NO5/c1-9-15(17(22)23)7-14(24-9)8-20(3)16(21)10(2)25-13-5-11(18)4-12(19)6-13/h4-7,10H,8H2,1-3H3,(H,22,23). The summed E-state index contributed by atoms with van der Waals surface area (Å²) >= 11 is 11.8. The van der Waals surface area contributed by atoms with Crippen LogP contribution in [0.2, 0.25) is 10.0 Å². The lowest BCUT2D eigenvalue weighted by Gasteiger charge is -2.21. The summed E-state index contributed by atoms with van der Waals surface area (Å²) in [5, 5.41) is 9.85. The highest BCUT2D eigenvalue weighted by Crippen LogP contribution is 2.25. The van der Waals surface area contributed by atoms with Gasteiger partial charge in [0.1, 0.15) is 22.8 Å². The molecule has 0 saturated heterocycles. The lowest BCUT2D eigenvalue weighted by atomic mass is 10.2. The molecule has 0 saturated carbocycles. The number of likely N-dealkylation sites (N-methyl/N-ethyl adjacent to an activating group) is 1. The van der Waals surface area contributed by atoms with Gasteiger partial charge in [-0.2, -0.15) is 0 Å². The van der Waals surface area contributed by atoms with Crippen molar-refractivity contribution in [3.63, 3.8) is 0 Å². The van der Waals surface area contributed by atoms with Gasteiger partial charge in [0.15, 0.2) is 6.10 Å². The van der Waals surface area contributed by atoms with E-state index in [9.17, 15) is 9.59 Å². The average Bonchev–Trinajstić information content (AvgIpc) is 2.86. The van der Waals surface area contributed by atoms with Gasteiger partial charge in [0.25, 0.3) is 5.91 Å². The van der Waals surface area contributed by atoms with Gasteiger partial charge in [0.05, 0.1) is 6.54 Å². The molecule has 0 fully saturated rings. The maximum absolute atomic E-state index is 12.4. The number of halogens is 2. The van der Waals surface area contributed by atoms with Crippen molar-refractivity contribution in [1.29, 1.82) is 0 Å². The molecule has 1 N–H and O–H groups in total. The average molecular weight is 386 g/mol. The van der Waals surface area contributed by atoms with Crippen LogP contribution in [0.1, 0.15) is 28.8 Å². The van der Waals surface area contributed by atoms with E-state index >= 15 is 0 Å². The van der Waals surface area contributed by atoms with Crippen molar-refractivity contribution in [1.82, 2.24) is 4.90 Å². The molecule has 6 nitrogen and oxygen atoms in total. The van der Waals surface area contributed by atoms with Gasteiger partial charge in [0, 0.05) is 17.1 Å². The highest BCUT2D eigenvalue weighted by molar-refractivity contribution is 6.34. The van der Waals surface area contributed by atoms with Gasteiger partial charge in [-0.3, -0.25) is 4.79 Å². The fourth-order valence-corrected chi connectivity index (χ4v) is 2.81. The molecule has 1 atom stereocenters. The lowest BCUT2D eigenvalue weighted by Crippen LogP contribution is -2.37. The molecule has 1 amide bonds. The minimum Gasteiger partial charge on any atom is -0.481 e. The Morgan fingerprint density at radius 3 is 2.36 bits per heavy atom. The fraction of sp³-hybridized carbons (Fsp3) is 0.294. The molecule has 0 aliphatic carbocycles. The summed E-state index contributed by atoms with van der Waals surface area (Å²) in [6.45, 7) is 3.28. The molecule has 8 heteroatoms. The topological polar surface area (TPSA) is 80.0 Å². The zero-order chi connectivity index (χ0) is 18.7. The van der Waals surface area contributed by atoms with E-state index in [4.69, 9.17) is 37.5 Å². The number of nitrogens with zero attached hydrogens (tertiary/aromatic N) is 1. The summed E-state index contributed by atoms with van der Waals surface area (Å²) < 4.78 is 11.0. The van der Waals surface area contributed by atoms with Crippen molar-refractivity contribution >= 4 is 35.1 Å². The lowest BCUT2D eigenvalue weighted by molar-refractivity contribution is -0.137. The van der Waals surface area contributed by atoms with Crippen LogP contribution in [0.3, 0.4) is 0 Å². The van der Waals surface area contributed by atoms with Gasteiger partial charge in [-0.15, -0.1) is 0 Å². The first kappa shape index (κ1) is 19.1. The second-order valence-electron chi connectivity index (χ2n) is 5.55. The van der Waals surface area contributed by atoms with Crippen molar-refractivity contribution in [2.75, 3.05) is 7.05 Å². The van der Waals surface area contributed by atoms with Crippen LogP contribution >= 0.6 is 23.2 Å². The Bertz CT molecular complexity index is 782. The summed E-state index contributed by atoms with van der Waals surface area (Å²) in [7, 11) is 1.57. The van der Waals surface area contributed by atoms with Gasteiger partial charge < -0.3 is 19.2 Å². The Balaban J connectivity index is 2.03. The quantitative estimate of drug-likeness (QED) is 0.811. The molecule has 2 rings (SSSR count). The third-order valence-corrected chi connectivity index (χ3v) is 3.90. The number of aryl methyl sites for hydroxylation is 1. The van der Waals surface area contributed by atoms with Gasteiger partial charge in [-0.1, -0.05) is 23.2 Å². The minimum absolute atomic E-state index is 0.0775. The van der Waals surface area contributed by atoms with Crippen LogP contribution < -0.4 is 4.74 Å². The van der Waals surface area contributed by atoms with E-state index < -0.39 is 12.1 Å². The second kappa shape index (κ2) is 7.80. The molecule has 0 radical (unpaired) electrons. The molecular formula is C17H17Cl2NO5. The molecule has 0 bridgehead atoms. The van der Waals surface area contributed by atoms with E-state index in [0.717, 1.165) is 0 Å². The SMILES string of the molecule is Cc1oc(CN(C)C(=O)C(C)Oc2cc(Cl)cc(Cl)c2)cc1C(=O)O. The normalized spacial score (nSPS) is 11.9. The molecule has 1 aromatic heterocycles. The first-order valence-electron chi connectivity index (χ1n) is 7.37. The molecule has 2 aromatic rings. The zero-order valence-corrected chi connectivity index (χ0v) is 15.4. The predicted molar refractivity (Wildman–Crippen MR) is 93.4 cm³/mol. The van der Waals surface area contributed by atoms with Crippen LogP contribution in [0, 0.1) is 6.92 Å². The Labute approximate surface area is 154 Å². The zero-order valence-electron chi connectivity index (χ0n) is 13.9. The second-order valence-corrected chi connectivity index (χ2v) is 6.42. The molecule has 0 aliphatic heterocycles. The van der Waals surface area contributed by atoms with E-state index in [-0.39, 0.29) is 18.0 Å². The Hall–Kier alpha value is -2.18. The first-order chi connectivity index (χ1) is 11.7. The molecule has 0 spiro atoms. The number of carbonyl (C=O) groups is 2. The summed E-state index contributed by atoms with van der Waals surface area (Å²) in [5.41, 5.74) is 0.0775. The third kappa shape index (κ3) is 4.90. The van der Waals surface area contributed by atoms with Crippen LogP contribution in [0.25, 0.3) is 0 Å². The monoisotopic (exact) mass is 385 g/mol. The summed E-state index contributed by atoms with van der Waals surface area (Å²) in [6.07, 6.45) is -0.783. The molecule has 25 heavy (non-hydrogen) atoms.